The molecular weight excluding hydrogens is 949 g/mol. The van der Waals surface area contributed by atoms with Crippen LogP contribution in [0.2, 0.25) is 0 Å². The number of ether oxygens (including phenoxy) is 11. The van der Waals surface area contributed by atoms with Crippen molar-refractivity contribution in [1.29, 1.82) is 0 Å². The topological polar surface area (TPSA) is 234 Å². The first-order chi connectivity index (χ1) is 35.4. The molecule has 0 aromatic heterocycles. The van der Waals surface area contributed by atoms with Gasteiger partial charge in [0.05, 0.1) is 49.7 Å². The van der Waals surface area contributed by atoms with Gasteiger partial charge in [-0.2, -0.15) is 0 Å². The molecule has 0 bridgehead atoms. The van der Waals surface area contributed by atoms with Gasteiger partial charge in [-0.25, -0.2) is 14.4 Å². The van der Waals surface area contributed by atoms with Crippen molar-refractivity contribution in [1.82, 2.24) is 0 Å². The number of unbranched alkanes of at least 4 members (excludes halogenated alkanes) is 7. The van der Waals surface area contributed by atoms with Gasteiger partial charge in [0.1, 0.15) is 24.9 Å². The van der Waals surface area contributed by atoms with Crippen LogP contribution in [0.3, 0.4) is 0 Å². The molecule has 18 heteroatoms. The quantitative estimate of drug-likeness (QED) is 0.0276. The zero-order valence-electron chi connectivity index (χ0n) is 43.8. The number of carbonyl (C=O) groups excluding carboxylic acids is 3. The Bertz CT molecular complexity index is 2210. The van der Waals surface area contributed by atoms with Gasteiger partial charge in [-0.3, -0.25) is 0 Å². The lowest BCUT2D eigenvalue weighted by Gasteiger charge is -2.44. The number of phenolic OH excluding ortho intramolecular Hbond substituents is 4. The molecule has 2 unspecified atom stereocenters. The summed E-state index contributed by atoms with van der Waals surface area (Å²) in [6, 6.07) is 5.03. The first kappa shape index (κ1) is 58.0. The molecule has 3 aromatic carbocycles. The van der Waals surface area contributed by atoms with E-state index in [-0.39, 0.29) is 32.0 Å². The maximum absolute atomic E-state index is 14.9. The second kappa shape index (κ2) is 29.7. The molecule has 5 atom stereocenters. The lowest BCUT2D eigenvalue weighted by atomic mass is 9.91. The Balaban J connectivity index is 1.67. The second-order valence-electron chi connectivity index (χ2n) is 18.1. The van der Waals surface area contributed by atoms with Crippen molar-refractivity contribution in [2.75, 3.05) is 52.9 Å². The lowest BCUT2D eigenvalue weighted by molar-refractivity contribution is -0.301. The van der Waals surface area contributed by atoms with Gasteiger partial charge in [0.25, 0.3) is 0 Å². The van der Waals surface area contributed by atoms with Crippen molar-refractivity contribution in [3.05, 3.63) is 41.0 Å². The first-order valence-electron chi connectivity index (χ1n) is 26.4. The Kier molecular flexibility index (Phi) is 23.7. The van der Waals surface area contributed by atoms with Crippen LogP contribution in [0.4, 0.5) is 0 Å². The fraction of sp³-hybridized carbons (Fsp3) is 0.618. The minimum Gasteiger partial charge on any atom is -0.504 e. The van der Waals surface area contributed by atoms with E-state index in [4.69, 9.17) is 52.1 Å². The molecule has 2 aliphatic heterocycles. The number of hydrogen-bond donors (Lipinski definition) is 4. The molecule has 0 saturated carbocycles. The highest BCUT2D eigenvalue weighted by Gasteiger charge is 2.52. The average molecular weight is 1030 g/mol. The predicted molar refractivity (Wildman–Crippen MR) is 270 cm³/mol. The molecule has 1 saturated heterocycles. The molecule has 73 heavy (non-hydrogen) atoms. The van der Waals surface area contributed by atoms with Gasteiger partial charge in [0.2, 0.25) is 23.5 Å². The van der Waals surface area contributed by atoms with Crippen LogP contribution in [0.1, 0.15) is 169 Å². The zero-order chi connectivity index (χ0) is 52.9. The van der Waals surface area contributed by atoms with E-state index in [0.717, 1.165) is 57.1 Å². The highest BCUT2D eigenvalue weighted by molar-refractivity contribution is 6.08. The van der Waals surface area contributed by atoms with E-state index < -0.39 is 112 Å². The Morgan fingerprint density at radius 3 is 1.41 bits per heavy atom. The maximum Gasteiger partial charge on any atom is 0.340 e. The molecule has 18 nitrogen and oxygen atoms in total. The summed E-state index contributed by atoms with van der Waals surface area (Å²) >= 11 is 0. The summed E-state index contributed by atoms with van der Waals surface area (Å²) in [5, 5.41) is 46.6. The zero-order valence-corrected chi connectivity index (χ0v) is 43.8. The summed E-state index contributed by atoms with van der Waals surface area (Å²) < 4.78 is 68.2. The third-order valence-electron chi connectivity index (χ3n) is 12.2. The third kappa shape index (κ3) is 15.1. The van der Waals surface area contributed by atoms with Crippen LogP contribution in [-0.4, -0.2) is 122 Å². The number of esters is 3. The smallest absolute Gasteiger partial charge is 0.340 e. The van der Waals surface area contributed by atoms with Crippen LogP contribution in [0.25, 0.3) is 11.1 Å². The molecule has 0 radical (unpaired) electrons. The fourth-order valence-electron chi connectivity index (χ4n) is 7.99. The highest BCUT2D eigenvalue weighted by Crippen LogP contribution is 2.54. The molecule has 3 aromatic rings. The van der Waals surface area contributed by atoms with Crippen molar-refractivity contribution >= 4 is 17.9 Å². The number of fused-ring (bicyclic) bond motifs is 4. The summed E-state index contributed by atoms with van der Waals surface area (Å²) in [4.78, 5) is 44.0. The van der Waals surface area contributed by atoms with E-state index in [1.54, 1.807) is 0 Å². The van der Waals surface area contributed by atoms with Gasteiger partial charge in [-0.1, -0.05) is 93.4 Å². The van der Waals surface area contributed by atoms with Gasteiger partial charge in [0, 0.05) is 24.3 Å². The van der Waals surface area contributed by atoms with Crippen molar-refractivity contribution < 1.29 is 86.9 Å². The third-order valence-corrected chi connectivity index (χ3v) is 12.2. The SMILES string of the molecule is CCCCOc1cc(C(=O)O[C@@H]2OC3COC(=O)c4cc(O)c(OCCCC)c(O)c4-c4c(cc(O)c(OCCCC)c4O)C(=O)O[C@H]3C(OCCCC)[C@@H]2OCCCC)cc(OCCCC)c1OCCCC. The fourth-order valence-corrected chi connectivity index (χ4v) is 7.99. The molecule has 2 aliphatic rings. The predicted octanol–water partition coefficient (Wildman–Crippen LogP) is 10.7. The van der Waals surface area contributed by atoms with Crippen LogP contribution < -0.4 is 23.7 Å². The van der Waals surface area contributed by atoms with E-state index in [1.807, 2.05) is 41.5 Å². The molecule has 406 valence electrons. The number of aromatic hydroxyl groups is 4. The van der Waals surface area contributed by atoms with Crippen LogP contribution >= 0.6 is 0 Å². The van der Waals surface area contributed by atoms with Gasteiger partial charge in [-0.05, 0) is 69.2 Å². The molecule has 0 spiro atoms. The standard InChI is InChI=1S/C55H78O18/c1-8-15-22-63-39-29-34(30-40(64-23-16-9-2)48(39)67-26-19-12-5)52(60)73-55-51(69-28-21-14-7)50(68-27-20-13-6)49-41(71-55)33-70-53(61)35-31-37(56)46(65-24-17-10-3)44(58)42(35)43-36(54(62)72-49)32-38(57)47(45(43)59)66-25-18-11-4/h29-32,41,49-51,55-59H,8-28,33H2,1-7H3/t41?,49-,50?,51+,55+/m1/s1. The Labute approximate surface area is 429 Å². The largest absolute Gasteiger partial charge is 0.504 e. The summed E-state index contributed by atoms with van der Waals surface area (Å²) in [6.07, 6.45) is 2.94. The first-order valence-corrected chi connectivity index (χ1v) is 26.4. The van der Waals surface area contributed by atoms with E-state index in [9.17, 15) is 34.8 Å². The molecule has 0 amide bonds. The number of cyclic esters (lactones) is 1. The average Bonchev–Trinajstić information content (AvgIpc) is 3.38. The Hall–Kier alpha value is -5.85. The minimum atomic E-state index is -1.57. The van der Waals surface area contributed by atoms with Crippen LogP contribution in [0.15, 0.2) is 24.3 Å². The van der Waals surface area contributed by atoms with E-state index in [0.29, 0.717) is 82.0 Å². The monoisotopic (exact) mass is 1030 g/mol. The van der Waals surface area contributed by atoms with E-state index in [1.165, 1.54) is 12.1 Å². The Morgan fingerprint density at radius 1 is 0.534 bits per heavy atom. The van der Waals surface area contributed by atoms with E-state index in [2.05, 4.69) is 6.92 Å². The number of rotatable bonds is 30. The lowest BCUT2D eigenvalue weighted by Crippen LogP contribution is -2.62. The molecular formula is C55H78O18. The van der Waals surface area contributed by atoms with Gasteiger partial charge in [-0.15, -0.1) is 0 Å². The summed E-state index contributed by atoms with van der Waals surface area (Å²) in [5.74, 6) is -6.04. The molecule has 1 fully saturated rings. The Morgan fingerprint density at radius 2 is 0.945 bits per heavy atom. The minimum absolute atomic E-state index is 0.0474. The van der Waals surface area contributed by atoms with Crippen LogP contribution in [-0.2, 0) is 28.4 Å². The second-order valence-corrected chi connectivity index (χ2v) is 18.1. The normalized spacial score (nSPS) is 18.5. The highest BCUT2D eigenvalue weighted by atomic mass is 16.7. The molecule has 5 rings (SSSR count). The van der Waals surface area contributed by atoms with Gasteiger partial charge < -0.3 is 72.5 Å². The van der Waals surface area contributed by atoms with Gasteiger partial charge in [0.15, 0.2) is 40.6 Å². The summed E-state index contributed by atoms with van der Waals surface area (Å²) in [5.41, 5.74) is -1.94. The van der Waals surface area contributed by atoms with E-state index >= 15 is 0 Å². The van der Waals surface area contributed by atoms with Crippen LogP contribution in [0, 0.1) is 0 Å². The van der Waals surface area contributed by atoms with Crippen molar-refractivity contribution in [3.8, 4) is 62.9 Å². The molecule has 2 heterocycles. The number of hydrogen-bond acceptors (Lipinski definition) is 18. The molecule has 0 aliphatic carbocycles. The summed E-state index contributed by atoms with van der Waals surface area (Å²) in [6.45, 7) is 14.7. The maximum atomic E-state index is 14.9. The number of carbonyl (C=O) groups is 3. The van der Waals surface area contributed by atoms with Crippen LogP contribution in [0.5, 0.6) is 51.7 Å². The van der Waals surface area contributed by atoms with Crippen molar-refractivity contribution in [3.63, 3.8) is 0 Å². The summed E-state index contributed by atoms with van der Waals surface area (Å²) in [7, 11) is 0. The van der Waals surface area contributed by atoms with Crippen molar-refractivity contribution in [2.24, 2.45) is 0 Å². The molecule has 4 N–H and O–H groups in total. The number of benzene rings is 3. The van der Waals surface area contributed by atoms with Gasteiger partial charge >= 0.3 is 17.9 Å². The van der Waals surface area contributed by atoms with Crippen molar-refractivity contribution in [2.45, 2.75) is 169 Å². The number of phenols is 4.